The first-order valence-corrected chi connectivity index (χ1v) is 6.49. The zero-order chi connectivity index (χ0) is 13.7. The molecule has 1 heterocycles. The SMILES string of the molecule is CC(NC(=O)C(=O)Nc1[c]cccc1)N1CCCC1. The fraction of sp³-hybridized carbons (Fsp3) is 0.429. The molecule has 1 fully saturated rings. The van der Waals surface area contributed by atoms with Crippen molar-refractivity contribution >= 4 is 17.5 Å². The molecule has 0 saturated carbocycles. The quantitative estimate of drug-likeness (QED) is 0.797. The van der Waals surface area contributed by atoms with Crippen LogP contribution in [0.3, 0.4) is 0 Å². The van der Waals surface area contributed by atoms with Gasteiger partial charge in [-0.1, -0.05) is 18.2 Å². The van der Waals surface area contributed by atoms with Crippen LogP contribution in [0.25, 0.3) is 0 Å². The Labute approximate surface area is 113 Å². The molecule has 1 radical (unpaired) electrons. The van der Waals surface area contributed by atoms with Gasteiger partial charge in [0.1, 0.15) is 0 Å². The maximum atomic E-state index is 11.8. The smallest absolute Gasteiger partial charge is 0.313 e. The normalized spacial score (nSPS) is 16.9. The number of nitrogens with zero attached hydrogens (tertiary/aromatic N) is 1. The zero-order valence-corrected chi connectivity index (χ0v) is 11.0. The molecule has 1 unspecified atom stereocenters. The van der Waals surface area contributed by atoms with Gasteiger partial charge in [-0.05, 0) is 25.8 Å². The van der Waals surface area contributed by atoms with Gasteiger partial charge in [-0.3, -0.25) is 14.5 Å². The fourth-order valence-corrected chi connectivity index (χ4v) is 2.13. The van der Waals surface area contributed by atoms with E-state index in [1.165, 1.54) is 0 Å². The van der Waals surface area contributed by atoms with Gasteiger partial charge >= 0.3 is 11.8 Å². The van der Waals surface area contributed by atoms with Crippen LogP contribution < -0.4 is 10.6 Å². The first-order valence-electron chi connectivity index (χ1n) is 6.49. The number of benzene rings is 1. The largest absolute Gasteiger partial charge is 0.333 e. The number of hydrogen-bond acceptors (Lipinski definition) is 3. The number of carbonyl (C=O) groups excluding carboxylic acids is 2. The second kappa shape index (κ2) is 6.33. The minimum Gasteiger partial charge on any atom is -0.333 e. The van der Waals surface area contributed by atoms with Gasteiger partial charge in [0.2, 0.25) is 0 Å². The summed E-state index contributed by atoms with van der Waals surface area (Å²) in [6.45, 7) is 3.83. The molecule has 5 heteroatoms. The van der Waals surface area contributed by atoms with Gasteiger partial charge in [0.25, 0.3) is 0 Å². The Morgan fingerprint density at radius 3 is 2.63 bits per heavy atom. The van der Waals surface area contributed by atoms with Crippen LogP contribution in [-0.2, 0) is 9.59 Å². The molecule has 1 aliphatic rings. The van der Waals surface area contributed by atoms with E-state index in [1.807, 2.05) is 6.92 Å². The Morgan fingerprint density at radius 1 is 1.26 bits per heavy atom. The molecule has 1 saturated heterocycles. The van der Waals surface area contributed by atoms with Gasteiger partial charge in [0.15, 0.2) is 0 Å². The van der Waals surface area contributed by atoms with Crippen molar-refractivity contribution in [3.05, 3.63) is 30.3 Å². The second-order valence-electron chi connectivity index (χ2n) is 4.62. The van der Waals surface area contributed by atoms with Crippen molar-refractivity contribution in [2.24, 2.45) is 0 Å². The average Bonchev–Trinajstić information content (AvgIpc) is 2.93. The lowest BCUT2D eigenvalue weighted by Crippen LogP contribution is -2.48. The van der Waals surface area contributed by atoms with E-state index < -0.39 is 11.8 Å². The zero-order valence-electron chi connectivity index (χ0n) is 11.0. The second-order valence-corrected chi connectivity index (χ2v) is 4.62. The van der Waals surface area contributed by atoms with Gasteiger partial charge in [-0.25, -0.2) is 0 Å². The van der Waals surface area contributed by atoms with Crippen LogP contribution in [-0.4, -0.2) is 36.0 Å². The van der Waals surface area contributed by atoms with Crippen LogP contribution >= 0.6 is 0 Å². The van der Waals surface area contributed by atoms with E-state index in [0.717, 1.165) is 25.9 Å². The summed E-state index contributed by atoms with van der Waals surface area (Å²) in [4.78, 5) is 25.6. The van der Waals surface area contributed by atoms with Gasteiger partial charge in [-0.2, -0.15) is 0 Å². The Balaban J connectivity index is 1.83. The first kappa shape index (κ1) is 13.5. The van der Waals surface area contributed by atoms with E-state index >= 15 is 0 Å². The summed E-state index contributed by atoms with van der Waals surface area (Å²) in [5, 5.41) is 5.22. The Kier molecular flexibility index (Phi) is 4.52. The third-order valence-corrected chi connectivity index (χ3v) is 3.19. The molecule has 2 amide bonds. The molecule has 1 aliphatic heterocycles. The van der Waals surface area contributed by atoms with E-state index in [2.05, 4.69) is 21.6 Å². The summed E-state index contributed by atoms with van der Waals surface area (Å²) in [5.41, 5.74) is 0.497. The van der Waals surface area contributed by atoms with E-state index in [1.54, 1.807) is 24.3 Å². The van der Waals surface area contributed by atoms with Crippen LogP contribution in [0.5, 0.6) is 0 Å². The van der Waals surface area contributed by atoms with Gasteiger partial charge in [-0.15, -0.1) is 0 Å². The van der Waals surface area contributed by atoms with Crippen molar-refractivity contribution in [1.82, 2.24) is 10.2 Å². The molecule has 1 aromatic carbocycles. The Morgan fingerprint density at radius 2 is 2.00 bits per heavy atom. The molecule has 1 aromatic rings. The summed E-state index contributed by atoms with van der Waals surface area (Å²) in [6, 6.07) is 9.78. The van der Waals surface area contributed by atoms with Crippen molar-refractivity contribution in [1.29, 1.82) is 0 Å². The number of rotatable bonds is 3. The standard InChI is InChI=1S/C14H18N3O2/c1-11(17-9-5-6-10-17)15-13(18)14(19)16-12-7-3-2-4-8-12/h2-4,7,11H,5-6,9-10H2,1H3,(H,15,18)(H,16,19). The minimum absolute atomic E-state index is 0.111. The van der Waals surface area contributed by atoms with Crippen molar-refractivity contribution < 1.29 is 9.59 Å². The van der Waals surface area contributed by atoms with E-state index in [0.29, 0.717) is 5.69 Å². The highest BCUT2D eigenvalue weighted by Gasteiger charge is 2.22. The molecule has 2 N–H and O–H groups in total. The number of likely N-dealkylation sites (tertiary alicyclic amines) is 1. The van der Waals surface area contributed by atoms with Crippen LogP contribution in [0.1, 0.15) is 19.8 Å². The van der Waals surface area contributed by atoms with Crippen molar-refractivity contribution in [2.75, 3.05) is 18.4 Å². The Hall–Kier alpha value is -1.88. The molecule has 0 aliphatic carbocycles. The molecule has 0 spiro atoms. The highest BCUT2D eigenvalue weighted by molar-refractivity contribution is 6.39. The Bertz CT molecular complexity index is 441. The van der Waals surface area contributed by atoms with Crippen LogP contribution in [0.4, 0.5) is 5.69 Å². The van der Waals surface area contributed by atoms with E-state index in [-0.39, 0.29) is 6.17 Å². The molecule has 0 aromatic heterocycles. The topological polar surface area (TPSA) is 61.4 Å². The third-order valence-electron chi connectivity index (χ3n) is 3.19. The summed E-state index contributed by atoms with van der Waals surface area (Å²) >= 11 is 0. The molecule has 19 heavy (non-hydrogen) atoms. The van der Waals surface area contributed by atoms with Crippen molar-refractivity contribution in [2.45, 2.75) is 25.9 Å². The predicted octanol–water partition coefficient (Wildman–Crippen LogP) is 0.983. The number of anilines is 1. The maximum Gasteiger partial charge on any atom is 0.313 e. The lowest BCUT2D eigenvalue weighted by Gasteiger charge is -2.24. The summed E-state index contributed by atoms with van der Waals surface area (Å²) in [5.74, 6) is -1.27. The average molecular weight is 260 g/mol. The van der Waals surface area contributed by atoms with E-state index in [4.69, 9.17) is 0 Å². The fourth-order valence-electron chi connectivity index (χ4n) is 2.13. The number of amides is 2. The van der Waals surface area contributed by atoms with Gasteiger partial charge in [0, 0.05) is 24.8 Å². The molecular weight excluding hydrogens is 242 g/mol. The van der Waals surface area contributed by atoms with Crippen molar-refractivity contribution in [3.63, 3.8) is 0 Å². The van der Waals surface area contributed by atoms with Crippen LogP contribution in [0.15, 0.2) is 24.3 Å². The molecule has 2 rings (SSSR count). The number of hydrogen-bond donors (Lipinski definition) is 2. The monoisotopic (exact) mass is 260 g/mol. The van der Waals surface area contributed by atoms with Crippen molar-refractivity contribution in [3.8, 4) is 0 Å². The highest BCUT2D eigenvalue weighted by atomic mass is 16.2. The summed E-state index contributed by atoms with van der Waals surface area (Å²) < 4.78 is 0. The lowest BCUT2D eigenvalue weighted by molar-refractivity contribution is -0.137. The summed E-state index contributed by atoms with van der Waals surface area (Å²) in [6.07, 6.45) is 2.18. The molecule has 101 valence electrons. The van der Waals surface area contributed by atoms with Crippen LogP contribution in [0, 0.1) is 6.07 Å². The van der Waals surface area contributed by atoms with Gasteiger partial charge in [0.05, 0.1) is 6.17 Å². The number of para-hydroxylation sites is 1. The first-order chi connectivity index (χ1) is 9.16. The minimum atomic E-state index is -0.659. The summed E-state index contributed by atoms with van der Waals surface area (Å²) in [7, 11) is 0. The predicted molar refractivity (Wildman–Crippen MR) is 72.3 cm³/mol. The number of nitrogens with one attached hydrogen (secondary N) is 2. The van der Waals surface area contributed by atoms with Crippen LogP contribution in [0.2, 0.25) is 0 Å². The molecular formula is C14H18N3O2. The molecule has 0 bridgehead atoms. The lowest BCUT2D eigenvalue weighted by atomic mass is 10.3. The van der Waals surface area contributed by atoms with Gasteiger partial charge < -0.3 is 10.6 Å². The highest BCUT2D eigenvalue weighted by Crippen LogP contribution is 2.09. The maximum absolute atomic E-state index is 11.8. The molecule has 1 atom stereocenters. The van der Waals surface area contributed by atoms with E-state index in [9.17, 15) is 9.59 Å². The number of carbonyl (C=O) groups is 2. The third kappa shape index (κ3) is 3.79. The molecule has 5 nitrogen and oxygen atoms in total.